The first-order valence-electron chi connectivity index (χ1n) is 6.20. The Morgan fingerprint density at radius 1 is 1.40 bits per heavy atom. The second-order valence-corrected chi connectivity index (χ2v) is 5.04. The number of ketones is 1. The van der Waals surface area contributed by atoms with E-state index in [0.29, 0.717) is 17.9 Å². The number of hydrogen-bond acceptors (Lipinski definition) is 3. The van der Waals surface area contributed by atoms with Gasteiger partial charge in [-0.2, -0.15) is 0 Å². The normalized spacial score (nSPS) is 10.3. The van der Waals surface area contributed by atoms with E-state index < -0.39 is 11.6 Å². The Bertz CT molecular complexity index is 631. The quantitative estimate of drug-likeness (QED) is 0.774. The van der Waals surface area contributed by atoms with Gasteiger partial charge in [0.15, 0.2) is 5.78 Å². The van der Waals surface area contributed by atoms with Crippen LogP contribution >= 0.6 is 15.9 Å². The maximum absolute atomic E-state index is 13.9. The van der Waals surface area contributed by atoms with E-state index in [1.54, 1.807) is 18.2 Å². The van der Waals surface area contributed by atoms with Crippen molar-refractivity contribution in [2.24, 2.45) is 0 Å². The van der Waals surface area contributed by atoms with Gasteiger partial charge in [0, 0.05) is 11.8 Å². The first kappa shape index (κ1) is 14.7. The number of benzene rings is 1. The van der Waals surface area contributed by atoms with Gasteiger partial charge in [-0.25, -0.2) is 4.39 Å². The zero-order valence-corrected chi connectivity index (χ0v) is 12.5. The van der Waals surface area contributed by atoms with Crippen LogP contribution in [0, 0.1) is 5.82 Å². The van der Waals surface area contributed by atoms with Crippen LogP contribution in [-0.4, -0.2) is 17.4 Å². The number of ether oxygens (including phenoxy) is 1. The van der Waals surface area contributed by atoms with Crippen molar-refractivity contribution >= 4 is 21.7 Å². The lowest BCUT2D eigenvalue weighted by Gasteiger charge is -2.07. The van der Waals surface area contributed by atoms with Gasteiger partial charge in [0.1, 0.15) is 11.6 Å². The van der Waals surface area contributed by atoms with Crippen LogP contribution in [0.3, 0.4) is 0 Å². The Morgan fingerprint density at radius 3 is 2.95 bits per heavy atom. The summed E-state index contributed by atoms with van der Waals surface area (Å²) in [4.78, 5) is 16.2. The van der Waals surface area contributed by atoms with Crippen molar-refractivity contribution in [2.45, 2.75) is 13.3 Å². The summed E-state index contributed by atoms with van der Waals surface area (Å²) >= 11 is 3.07. The van der Waals surface area contributed by atoms with Crippen LogP contribution in [0.4, 0.5) is 4.39 Å². The van der Waals surface area contributed by atoms with Gasteiger partial charge in [-0.3, -0.25) is 9.78 Å². The number of pyridine rings is 1. The molecule has 0 N–H and O–H groups in total. The standard InChI is InChI=1S/C15H13BrFNO2/c1-2-6-20-11-7-10(8-18-9-11)15(19)12-4-3-5-13(16)14(12)17/h3-5,7-9H,2,6H2,1H3. The Morgan fingerprint density at radius 2 is 2.20 bits per heavy atom. The van der Waals surface area contributed by atoms with E-state index >= 15 is 0 Å². The number of carbonyl (C=O) groups excluding carboxylic acids is 1. The molecule has 1 aromatic heterocycles. The zero-order valence-electron chi connectivity index (χ0n) is 10.9. The van der Waals surface area contributed by atoms with E-state index in [1.807, 2.05) is 6.92 Å². The average Bonchev–Trinajstić information content (AvgIpc) is 2.47. The monoisotopic (exact) mass is 337 g/mol. The predicted octanol–water partition coefficient (Wildman–Crippen LogP) is 4.00. The largest absolute Gasteiger partial charge is 0.492 e. The SMILES string of the molecule is CCCOc1cncc(C(=O)c2cccc(Br)c2F)c1. The predicted molar refractivity (Wildman–Crippen MR) is 77.6 cm³/mol. The smallest absolute Gasteiger partial charge is 0.197 e. The Labute approximate surface area is 124 Å². The molecule has 0 fully saturated rings. The van der Waals surface area contributed by atoms with Crippen molar-refractivity contribution in [3.8, 4) is 5.75 Å². The topological polar surface area (TPSA) is 39.2 Å². The van der Waals surface area contributed by atoms with Gasteiger partial charge in [-0.15, -0.1) is 0 Å². The van der Waals surface area contributed by atoms with Crippen LogP contribution in [0.15, 0.2) is 41.1 Å². The van der Waals surface area contributed by atoms with E-state index in [2.05, 4.69) is 20.9 Å². The Hall–Kier alpha value is -1.75. The summed E-state index contributed by atoms with van der Waals surface area (Å²) in [6, 6.07) is 6.18. The van der Waals surface area contributed by atoms with Crippen molar-refractivity contribution in [3.63, 3.8) is 0 Å². The molecule has 0 radical (unpaired) electrons. The van der Waals surface area contributed by atoms with Crippen LogP contribution < -0.4 is 4.74 Å². The van der Waals surface area contributed by atoms with Gasteiger partial charge in [-0.05, 0) is 40.5 Å². The Balaban J connectivity index is 2.31. The molecule has 2 rings (SSSR count). The zero-order chi connectivity index (χ0) is 14.5. The van der Waals surface area contributed by atoms with E-state index in [4.69, 9.17) is 4.74 Å². The number of rotatable bonds is 5. The minimum atomic E-state index is -0.572. The summed E-state index contributed by atoms with van der Waals surface area (Å²) < 4.78 is 19.6. The second kappa shape index (κ2) is 6.61. The highest BCUT2D eigenvalue weighted by molar-refractivity contribution is 9.10. The highest BCUT2D eigenvalue weighted by atomic mass is 79.9. The molecule has 5 heteroatoms. The summed E-state index contributed by atoms with van der Waals surface area (Å²) in [7, 11) is 0. The number of nitrogens with zero attached hydrogens (tertiary/aromatic N) is 1. The Kier molecular flexibility index (Phi) is 4.84. The first-order valence-corrected chi connectivity index (χ1v) is 6.99. The molecular weight excluding hydrogens is 325 g/mol. The molecule has 3 nitrogen and oxygen atoms in total. The van der Waals surface area contributed by atoms with E-state index in [0.717, 1.165) is 6.42 Å². The molecule has 0 bridgehead atoms. The van der Waals surface area contributed by atoms with Crippen LogP contribution in [-0.2, 0) is 0 Å². The molecule has 0 spiro atoms. The van der Waals surface area contributed by atoms with Crippen molar-refractivity contribution in [1.29, 1.82) is 0 Å². The third-order valence-electron chi connectivity index (χ3n) is 2.64. The third-order valence-corrected chi connectivity index (χ3v) is 3.26. The number of carbonyl (C=O) groups is 1. The van der Waals surface area contributed by atoms with Crippen molar-refractivity contribution in [2.75, 3.05) is 6.61 Å². The molecule has 0 saturated heterocycles. The van der Waals surface area contributed by atoms with Gasteiger partial charge in [0.05, 0.1) is 22.8 Å². The molecule has 20 heavy (non-hydrogen) atoms. The maximum atomic E-state index is 13.9. The van der Waals surface area contributed by atoms with Crippen LogP contribution in [0.5, 0.6) is 5.75 Å². The minimum absolute atomic E-state index is 0.00816. The second-order valence-electron chi connectivity index (χ2n) is 4.19. The van der Waals surface area contributed by atoms with Gasteiger partial charge < -0.3 is 4.74 Å². The third kappa shape index (κ3) is 3.22. The molecule has 0 amide bonds. The van der Waals surface area contributed by atoms with E-state index in [9.17, 15) is 9.18 Å². The number of halogens is 2. The van der Waals surface area contributed by atoms with Gasteiger partial charge >= 0.3 is 0 Å². The van der Waals surface area contributed by atoms with Crippen molar-refractivity contribution < 1.29 is 13.9 Å². The lowest BCUT2D eigenvalue weighted by Crippen LogP contribution is -2.06. The first-order chi connectivity index (χ1) is 9.63. The van der Waals surface area contributed by atoms with Gasteiger partial charge in [0.25, 0.3) is 0 Å². The minimum Gasteiger partial charge on any atom is -0.492 e. The molecule has 104 valence electrons. The number of aromatic nitrogens is 1. The van der Waals surface area contributed by atoms with Gasteiger partial charge in [0.2, 0.25) is 0 Å². The summed E-state index contributed by atoms with van der Waals surface area (Å²) in [5.41, 5.74) is 0.310. The highest BCUT2D eigenvalue weighted by Crippen LogP contribution is 2.22. The number of hydrogen-bond donors (Lipinski definition) is 0. The molecule has 1 aromatic carbocycles. The maximum Gasteiger partial charge on any atom is 0.197 e. The summed E-state index contributed by atoms with van der Waals surface area (Å²) in [6.45, 7) is 2.53. The average molecular weight is 338 g/mol. The summed E-state index contributed by atoms with van der Waals surface area (Å²) in [6.07, 6.45) is 3.80. The molecule has 0 aliphatic heterocycles. The molecule has 0 unspecified atom stereocenters. The fraction of sp³-hybridized carbons (Fsp3) is 0.200. The lowest BCUT2D eigenvalue weighted by atomic mass is 10.0. The van der Waals surface area contributed by atoms with Crippen LogP contribution in [0.2, 0.25) is 0 Å². The lowest BCUT2D eigenvalue weighted by molar-refractivity contribution is 0.103. The van der Waals surface area contributed by atoms with E-state index in [-0.39, 0.29) is 10.0 Å². The molecule has 1 heterocycles. The van der Waals surface area contributed by atoms with Crippen LogP contribution in [0.25, 0.3) is 0 Å². The fourth-order valence-electron chi connectivity index (χ4n) is 1.68. The highest BCUT2D eigenvalue weighted by Gasteiger charge is 2.16. The van der Waals surface area contributed by atoms with Crippen molar-refractivity contribution in [3.05, 3.63) is 58.1 Å². The molecule has 2 aromatic rings. The molecule has 0 saturated carbocycles. The van der Waals surface area contributed by atoms with Gasteiger partial charge in [-0.1, -0.05) is 13.0 Å². The molecule has 0 aliphatic carbocycles. The van der Waals surface area contributed by atoms with Crippen LogP contribution in [0.1, 0.15) is 29.3 Å². The summed E-state index contributed by atoms with van der Waals surface area (Å²) in [5.74, 6) is -0.483. The van der Waals surface area contributed by atoms with E-state index in [1.165, 1.54) is 18.5 Å². The molecule has 0 atom stereocenters. The molecule has 0 aliphatic rings. The van der Waals surface area contributed by atoms with Crippen molar-refractivity contribution in [1.82, 2.24) is 4.98 Å². The summed E-state index contributed by atoms with van der Waals surface area (Å²) in [5, 5.41) is 0. The fourth-order valence-corrected chi connectivity index (χ4v) is 2.04. The molecular formula is C15H13BrFNO2.